The normalized spacial score (nSPS) is 18.5. The van der Waals surface area contributed by atoms with Crippen molar-refractivity contribution in [3.8, 4) is 5.69 Å². The van der Waals surface area contributed by atoms with E-state index in [1.807, 2.05) is 56.3 Å². The predicted octanol–water partition coefficient (Wildman–Crippen LogP) is 4.13. The van der Waals surface area contributed by atoms with Gasteiger partial charge in [-0.1, -0.05) is 30.3 Å². The molecule has 3 aromatic rings. The molecule has 0 aliphatic carbocycles. The van der Waals surface area contributed by atoms with Gasteiger partial charge in [-0.25, -0.2) is 9.48 Å². The smallest absolute Gasteiger partial charge is 0.337 e. The Kier molecular flexibility index (Phi) is 5.15. The second-order valence-electron chi connectivity index (χ2n) is 6.86. The lowest BCUT2D eigenvalue weighted by Gasteiger charge is -2.17. The van der Waals surface area contributed by atoms with Gasteiger partial charge >= 0.3 is 5.97 Å². The first-order valence-electron chi connectivity index (χ1n) is 9.29. The summed E-state index contributed by atoms with van der Waals surface area (Å²) in [6.45, 7) is 3.86. The summed E-state index contributed by atoms with van der Waals surface area (Å²) < 4.78 is 6.58. The van der Waals surface area contributed by atoms with E-state index >= 15 is 0 Å². The number of amides is 1. The fourth-order valence-corrected chi connectivity index (χ4v) is 4.76. The molecule has 2 atom stereocenters. The first-order valence-corrected chi connectivity index (χ1v) is 10.2. The number of hydrogen-bond acceptors (Lipinski definition) is 5. The number of hydrogen-bond donors (Lipinski definition) is 1. The largest absolute Gasteiger partial charge is 0.465 e. The number of nitrogens with one attached hydrogen (secondary N) is 1. The number of carbonyl (C=O) groups excluding carboxylic acids is 2. The summed E-state index contributed by atoms with van der Waals surface area (Å²) in [7, 11) is 1.37. The van der Waals surface area contributed by atoms with Crippen LogP contribution in [0.4, 0.5) is 5.82 Å². The van der Waals surface area contributed by atoms with Gasteiger partial charge in [-0.05, 0) is 43.7 Å². The number of fused-ring (bicyclic) bond motifs is 1. The molecule has 4 rings (SSSR count). The third-order valence-electron chi connectivity index (χ3n) is 4.96. The summed E-state index contributed by atoms with van der Waals surface area (Å²) in [5, 5.41) is 7.44. The molecule has 29 heavy (non-hydrogen) atoms. The minimum absolute atomic E-state index is 0.0537. The Hall–Kier alpha value is -3.06. The van der Waals surface area contributed by atoms with E-state index in [0.717, 1.165) is 22.5 Å². The van der Waals surface area contributed by atoms with Crippen molar-refractivity contribution < 1.29 is 14.3 Å². The van der Waals surface area contributed by atoms with Crippen molar-refractivity contribution in [3.63, 3.8) is 0 Å². The first kappa shape index (κ1) is 19.3. The molecule has 6 nitrogen and oxygen atoms in total. The summed E-state index contributed by atoms with van der Waals surface area (Å²) in [6.07, 6.45) is 0. The van der Waals surface area contributed by atoms with E-state index in [9.17, 15) is 9.59 Å². The fourth-order valence-electron chi connectivity index (χ4n) is 3.44. The van der Waals surface area contributed by atoms with Crippen molar-refractivity contribution in [2.24, 2.45) is 0 Å². The molecule has 0 radical (unpaired) electrons. The van der Waals surface area contributed by atoms with Gasteiger partial charge in [-0.2, -0.15) is 5.10 Å². The van der Waals surface area contributed by atoms with Gasteiger partial charge < -0.3 is 10.1 Å². The Morgan fingerprint density at radius 3 is 2.48 bits per heavy atom. The van der Waals surface area contributed by atoms with E-state index in [1.54, 1.807) is 28.6 Å². The molecule has 1 N–H and O–H groups in total. The molecular formula is C22H21N3O3S. The Balaban J connectivity index is 1.83. The number of para-hydroxylation sites is 1. The van der Waals surface area contributed by atoms with Crippen molar-refractivity contribution in [2.45, 2.75) is 24.3 Å². The van der Waals surface area contributed by atoms with Crippen LogP contribution in [0.3, 0.4) is 0 Å². The number of methoxy groups -OCH3 is 1. The molecule has 0 fully saturated rings. The van der Waals surface area contributed by atoms with Crippen LogP contribution in [0.15, 0.2) is 54.6 Å². The zero-order valence-electron chi connectivity index (χ0n) is 16.4. The summed E-state index contributed by atoms with van der Waals surface area (Å²) in [6, 6.07) is 17.1. The van der Waals surface area contributed by atoms with Crippen molar-refractivity contribution in [2.75, 3.05) is 12.4 Å². The van der Waals surface area contributed by atoms with Gasteiger partial charge in [-0.3, -0.25) is 4.79 Å². The Morgan fingerprint density at radius 2 is 1.83 bits per heavy atom. The van der Waals surface area contributed by atoms with Crippen molar-refractivity contribution in [3.05, 3.63) is 77.0 Å². The number of esters is 1. The molecule has 2 heterocycles. The zero-order valence-corrected chi connectivity index (χ0v) is 17.2. The van der Waals surface area contributed by atoms with E-state index in [0.29, 0.717) is 11.4 Å². The van der Waals surface area contributed by atoms with Gasteiger partial charge in [0.05, 0.1) is 34.6 Å². The maximum Gasteiger partial charge on any atom is 0.337 e. The maximum absolute atomic E-state index is 12.7. The van der Waals surface area contributed by atoms with Crippen molar-refractivity contribution in [1.29, 1.82) is 0 Å². The van der Waals surface area contributed by atoms with Crippen LogP contribution >= 0.6 is 11.8 Å². The van der Waals surface area contributed by atoms with E-state index in [1.165, 1.54) is 7.11 Å². The average Bonchev–Trinajstić information content (AvgIpc) is 3.00. The lowest BCUT2D eigenvalue weighted by Crippen LogP contribution is -2.22. The van der Waals surface area contributed by atoms with E-state index in [4.69, 9.17) is 9.84 Å². The van der Waals surface area contributed by atoms with E-state index in [-0.39, 0.29) is 22.4 Å². The number of anilines is 1. The molecule has 0 saturated heterocycles. The summed E-state index contributed by atoms with van der Waals surface area (Å²) >= 11 is 1.57. The van der Waals surface area contributed by atoms with E-state index in [2.05, 4.69) is 5.32 Å². The van der Waals surface area contributed by atoms with Crippen LogP contribution in [-0.4, -0.2) is 34.0 Å². The third kappa shape index (κ3) is 3.53. The zero-order chi connectivity index (χ0) is 20.5. The van der Waals surface area contributed by atoms with E-state index < -0.39 is 0 Å². The number of rotatable bonds is 3. The molecule has 1 aromatic heterocycles. The molecule has 1 amide bonds. The van der Waals surface area contributed by atoms with Crippen LogP contribution in [0.1, 0.15) is 39.4 Å². The summed E-state index contributed by atoms with van der Waals surface area (Å²) in [5.74, 6) is 0.267. The highest BCUT2D eigenvalue weighted by molar-refractivity contribution is 8.01. The van der Waals surface area contributed by atoms with Crippen LogP contribution in [0.5, 0.6) is 0 Å². The third-order valence-corrected chi connectivity index (χ3v) is 6.36. The molecule has 7 heteroatoms. The standard InChI is InChI=1S/C22H21N3O3S/c1-13-18-19(15-9-11-16(12-10-15)22(27)28-3)29-14(2)21(26)23-20(18)25(24-13)17-7-5-4-6-8-17/h4-12,14,19H,1-3H3,(H,23,26). The van der Waals surface area contributed by atoms with Crippen LogP contribution < -0.4 is 5.32 Å². The minimum Gasteiger partial charge on any atom is -0.465 e. The number of aromatic nitrogens is 2. The van der Waals surface area contributed by atoms with Gasteiger partial charge in [0.2, 0.25) is 5.91 Å². The number of ether oxygens (including phenoxy) is 1. The van der Waals surface area contributed by atoms with Crippen LogP contribution in [0.25, 0.3) is 5.69 Å². The maximum atomic E-state index is 12.7. The molecule has 2 unspecified atom stereocenters. The van der Waals surface area contributed by atoms with Gasteiger partial charge in [0.1, 0.15) is 5.82 Å². The molecule has 0 spiro atoms. The highest BCUT2D eigenvalue weighted by Gasteiger charge is 2.34. The quantitative estimate of drug-likeness (QED) is 0.661. The summed E-state index contributed by atoms with van der Waals surface area (Å²) in [5.41, 5.74) is 4.21. The summed E-state index contributed by atoms with van der Waals surface area (Å²) in [4.78, 5) is 24.5. The molecule has 0 saturated carbocycles. The topological polar surface area (TPSA) is 73.2 Å². The Labute approximate surface area is 173 Å². The molecule has 0 bridgehead atoms. The Morgan fingerprint density at radius 1 is 1.14 bits per heavy atom. The monoisotopic (exact) mass is 407 g/mol. The van der Waals surface area contributed by atoms with Gasteiger partial charge in [-0.15, -0.1) is 11.8 Å². The SMILES string of the molecule is COC(=O)c1ccc(C2SC(C)C(=O)Nc3c2c(C)nn3-c2ccccc2)cc1. The lowest BCUT2D eigenvalue weighted by atomic mass is 10.0. The Bertz CT molecular complexity index is 1060. The van der Waals surface area contributed by atoms with Gasteiger partial charge in [0.25, 0.3) is 0 Å². The number of carbonyl (C=O) groups is 2. The van der Waals surface area contributed by atoms with Crippen molar-refractivity contribution in [1.82, 2.24) is 9.78 Å². The predicted molar refractivity (Wildman–Crippen MR) is 114 cm³/mol. The number of aryl methyl sites for hydroxylation is 1. The number of benzene rings is 2. The fraction of sp³-hybridized carbons (Fsp3) is 0.227. The van der Waals surface area contributed by atoms with Crippen LogP contribution in [0.2, 0.25) is 0 Å². The van der Waals surface area contributed by atoms with Crippen molar-refractivity contribution >= 4 is 29.5 Å². The highest BCUT2D eigenvalue weighted by Crippen LogP contribution is 2.46. The highest BCUT2D eigenvalue weighted by atomic mass is 32.2. The van der Waals surface area contributed by atoms with Crippen LogP contribution in [-0.2, 0) is 9.53 Å². The van der Waals surface area contributed by atoms with Gasteiger partial charge in [0, 0.05) is 5.56 Å². The average molecular weight is 407 g/mol. The van der Waals surface area contributed by atoms with Crippen LogP contribution in [0, 0.1) is 6.92 Å². The second kappa shape index (κ2) is 7.75. The minimum atomic E-state index is -0.371. The van der Waals surface area contributed by atoms with Gasteiger partial charge in [0.15, 0.2) is 0 Å². The molecule has 1 aliphatic rings. The number of nitrogens with zero attached hydrogens (tertiary/aromatic N) is 2. The number of thioether (sulfide) groups is 1. The lowest BCUT2D eigenvalue weighted by molar-refractivity contribution is -0.115. The molecule has 1 aliphatic heterocycles. The second-order valence-corrected chi connectivity index (χ2v) is 8.31. The molecular weight excluding hydrogens is 386 g/mol. The molecule has 148 valence electrons. The first-order chi connectivity index (χ1) is 14.0. The molecule has 2 aromatic carbocycles.